The highest BCUT2D eigenvalue weighted by atomic mass is 35.5. The second-order valence-electron chi connectivity index (χ2n) is 7.15. The number of benzene rings is 2. The van der Waals surface area contributed by atoms with Crippen LogP contribution in [-0.2, 0) is 27.8 Å². The van der Waals surface area contributed by atoms with Crippen molar-refractivity contribution in [3.8, 4) is 0 Å². The number of nitrogens with one attached hydrogen (secondary N) is 1. The molecule has 7 nitrogen and oxygen atoms in total. The Morgan fingerprint density at radius 1 is 1.12 bits per heavy atom. The van der Waals surface area contributed by atoms with Gasteiger partial charge in [0.15, 0.2) is 0 Å². The van der Waals surface area contributed by atoms with E-state index in [-0.39, 0.29) is 33.9 Å². The molecule has 3 aromatic rings. The Hall–Kier alpha value is -2.39. The molecule has 3 rings (SSSR count). The molecular formula is C22H24Cl2N4O3S. The fourth-order valence-electron chi connectivity index (χ4n) is 3.12. The predicted octanol–water partition coefficient (Wildman–Crippen LogP) is 3.63. The summed E-state index contributed by atoms with van der Waals surface area (Å²) in [6, 6.07) is 13.7. The van der Waals surface area contributed by atoms with Crippen molar-refractivity contribution in [2.75, 3.05) is 19.6 Å². The van der Waals surface area contributed by atoms with Crippen LogP contribution in [0.2, 0.25) is 10.0 Å². The van der Waals surface area contributed by atoms with Gasteiger partial charge >= 0.3 is 0 Å². The van der Waals surface area contributed by atoms with Crippen LogP contribution in [0.5, 0.6) is 0 Å². The van der Waals surface area contributed by atoms with Gasteiger partial charge in [-0.1, -0.05) is 53.5 Å². The molecule has 2 aromatic carbocycles. The van der Waals surface area contributed by atoms with E-state index < -0.39 is 10.0 Å². The highest BCUT2D eigenvalue weighted by Gasteiger charge is 2.28. The Kier molecular flexibility index (Phi) is 8.69. The quantitative estimate of drug-likeness (QED) is 0.412. The first kappa shape index (κ1) is 24.3. The lowest BCUT2D eigenvalue weighted by molar-refractivity contribution is -0.121. The summed E-state index contributed by atoms with van der Waals surface area (Å²) in [5.74, 6) is -0.384. The third-order valence-corrected chi connectivity index (χ3v) is 7.36. The van der Waals surface area contributed by atoms with E-state index in [2.05, 4.69) is 10.3 Å². The van der Waals surface area contributed by atoms with Crippen LogP contribution in [0.3, 0.4) is 0 Å². The summed E-state index contributed by atoms with van der Waals surface area (Å²) in [4.78, 5) is 16.4. The molecule has 10 heteroatoms. The highest BCUT2D eigenvalue weighted by molar-refractivity contribution is 7.89. The number of carbonyl (C=O) groups excluding carboxylic acids is 1. The lowest BCUT2D eigenvalue weighted by atomic mass is 10.1. The SMILES string of the molecule is O=C(CN(CCc1ccccc1)S(=O)(=O)c1cc(Cl)ccc1Cl)NCCCn1ccnc1. The molecule has 1 amide bonds. The van der Waals surface area contributed by atoms with Crippen LogP contribution in [0.15, 0.2) is 72.1 Å². The van der Waals surface area contributed by atoms with Gasteiger partial charge in [-0.3, -0.25) is 4.79 Å². The second kappa shape index (κ2) is 11.5. The van der Waals surface area contributed by atoms with E-state index >= 15 is 0 Å². The Balaban J connectivity index is 1.69. The first-order chi connectivity index (χ1) is 15.4. The molecule has 1 aromatic heterocycles. The maximum Gasteiger partial charge on any atom is 0.245 e. The third-order valence-electron chi connectivity index (χ3n) is 4.80. The van der Waals surface area contributed by atoms with Gasteiger partial charge in [0.05, 0.1) is 17.9 Å². The van der Waals surface area contributed by atoms with Crippen LogP contribution >= 0.6 is 23.2 Å². The van der Waals surface area contributed by atoms with Gasteiger partial charge in [-0.15, -0.1) is 0 Å². The van der Waals surface area contributed by atoms with Gasteiger partial charge in [-0.2, -0.15) is 4.31 Å². The van der Waals surface area contributed by atoms with Gasteiger partial charge in [0.2, 0.25) is 15.9 Å². The minimum atomic E-state index is -4.04. The van der Waals surface area contributed by atoms with Crippen LogP contribution in [0.25, 0.3) is 0 Å². The zero-order chi connectivity index (χ0) is 23.0. The standard InChI is InChI=1S/C22H24Cl2N4O3S/c23-19-7-8-20(24)21(15-19)32(30,31)28(13-9-18-5-2-1-3-6-18)16-22(29)26-10-4-12-27-14-11-25-17-27/h1-3,5-8,11,14-15,17H,4,9-10,12-13,16H2,(H,26,29). The summed E-state index contributed by atoms with van der Waals surface area (Å²) in [5, 5.41) is 3.09. The largest absolute Gasteiger partial charge is 0.355 e. The van der Waals surface area contributed by atoms with Crippen molar-refractivity contribution in [3.05, 3.63) is 82.9 Å². The molecule has 0 bridgehead atoms. The Morgan fingerprint density at radius 2 is 1.91 bits per heavy atom. The number of sulfonamides is 1. The molecule has 0 aliphatic rings. The van der Waals surface area contributed by atoms with Gasteiger partial charge < -0.3 is 9.88 Å². The first-order valence-electron chi connectivity index (χ1n) is 10.1. The molecule has 170 valence electrons. The maximum absolute atomic E-state index is 13.3. The molecule has 0 aliphatic heterocycles. The van der Waals surface area contributed by atoms with Crippen molar-refractivity contribution in [3.63, 3.8) is 0 Å². The van der Waals surface area contributed by atoms with Gasteiger partial charge in [0.25, 0.3) is 0 Å². The molecular weight excluding hydrogens is 471 g/mol. The van der Waals surface area contributed by atoms with Crippen LogP contribution < -0.4 is 5.32 Å². The summed E-state index contributed by atoms with van der Waals surface area (Å²) in [5.41, 5.74) is 0.964. The summed E-state index contributed by atoms with van der Waals surface area (Å²) >= 11 is 12.2. The average molecular weight is 495 g/mol. The van der Waals surface area contributed by atoms with E-state index in [1.165, 1.54) is 18.2 Å². The smallest absolute Gasteiger partial charge is 0.245 e. The second-order valence-corrected chi connectivity index (χ2v) is 9.90. The number of carbonyl (C=O) groups is 1. The molecule has 1 N–H and O–H groups in total. The fraction of sp³-hybridized carbons (Fsp3) is 0.273. The summed E-state index contributed by atoms with van der Waals surface area (Å²) in [6.07, 6.45) is 6.38. The van der Waals surface area contributed by atoms with Gasteiger partial charge in [0, 0.05) is 37.1 Å². The van der Waals surface area contributed by atoms with E-state index in [4.69, 9.17) is 23.2 Å². The molecule has 0 radical (unpaired) electrons. The van der Waals surface area contributed by atoms with Crippen molar-refractivity contribution in [2.24, 2.45) is 0 Å². The number of rotatable bonds is 11. The molecule has 0 aliphatic carbocycles. The minimum Gasteiger partial charge on any atom is -0.355 e. The summed E-state index contributed by atoms with van der Waals surface area (Å²) < 4.78 is 29.7. The summed E-state index contributed by atoms with van der Waals surface area (Å²) in [7, 11) is -4.04. The first-order valence-corrected chi connectivity index (χ1v) is 12.3. The molecule has 1 heterocycles. The van der Waals surface area contributed by atoms with Crippen molar-refractivity contribution in [1.82, 2.24) is 19.2 Å². The zero-order valence-electron chi connectivity index (χ0n) is 17.3. The van der Waals surface area contributed by atoms with Crippen LogP contribution in [0, 0.1) is 0 Å². The lowest BCUT2D eigenvalue weighted by Crippen LogP contribution is -2.42. The molecule has 0 fully saturated rings. The fourth-order valence-corrected chi connectivity index (χ4v) is 5.26. The molecule has 0 unspecified atom stereocenters. The number of imidazole rings is 1. The minimum absolute atomic E-state index is 0.0554. The Labute approximate surface area is 198 Å². The third kappa shape index (κ3) is 6.80. The number of nitrogens with zero attached hydrogens (tertiary/aromatic N) is 3. The van der Waals surface area contributed by atoms with E-state index in [1.54, 1.807) is 12.5 Å². The molecule has 32 heavy (non-hydrogen) atoms. The number of hydrogen-bond donors (Lipinski definition) is 1. The average Bonchev–Trinajstić information content (AvgIpc) is 3.30. The van der Waals surface area contributed by atoms with E-state index in [0.717, 1.165) is 9.87 Å². The van der Waals surface area contributed by atoms with Gasteiger partial charge in [0.1, 0.15) is 4.90 Å². The number of amides is 1. The number of halogens is 2. The van der Waals surface area contributed by atoms with E-state index in [1.807, 2.05) is 41.1 Å². The predicted molar refractivity (Wildman–Crippen MR) is 125 cm³/mol. The van der Waals surface area contributed by atoms with Crippen LogP contribution in [-0.4, -0.2) is 47.8 Å². The summed E-state index contributed by atoms with van der Waals surface area (Å²) in [6.45, 7) is 0.927. The van der Waals surface area contributed by atoms with Crippen molar-refractivity contribution >= 4 is 39.1 Å². The molecule has 0 atom stereocenters. The van der Waals surface area contributed by atoms with E-state index in [0.29, 0.717) is 25.9 Å². The van der Waals surface area contributed by atoms with Crippen molar-refractivity contribution in [2.45, 2.75) is 24.3 Å². The van der Waals surface area contributed by atoms with E-state index in [9.17, 15) is 13.2 Å². The van der Waals surface area contributed by atoms with Gasteiger partial charge in [-0.25, -0.2) is 13.4 Å². The monoisotopic (exact) mass is 494 g/mol. The number of aryl methyl sites for hydroxylation is 1. The molecule has 0 spiro atoms. The topological polar surface area (TPSA) is 84.3 Å². The Bertz CT molecular complexity index is 1120. The zero-order valence-corrected chi connectivity index (χ0v) is 19.7. The number of hydrogen-bond acceptors (Lipinski definition) is 4. The van der Waals surface area contributed by atoms with Gasteiger partial charge in [-0.05, 0) is 36.6 Å². The Morgan fingerprint density at radius 3 is 2.62 bits per heavy atom. The van der Waals surface area contributed by atoms with Crippen LogP contribution in [0.1, 0.15) is 12.0 Å². The van der Waals surface area contributed by atoms with Crippen molar-refractivity contribution < 1.29 is 13.2 Å². The molecule has 0 saturated carbocycles. The normalized spacial score (nSPS) is 11.6. The maximum atomic E-state index is 13.3. The van der Waals surface area contributed by atoms with Crippen LogP contribution in [0.4, 0.5) is 0 Å². The number of aromatic nitrogens is 2. The lowest BCUT2D eigenvalue weighted by Gasteiger charge is -2.22. The molecule has 0 saturated heterocycles. The van der Waals surface area contributed by atoms with Crippen molar-refractivity contribution in [1.29, 1.82) is 0 Å². The highest BCUT2D eigenvalue weighted by Crippen LogP contribution is 2.27.